The van der Waals surface area contributed by atoms with E-state index in [1.54, 1.807) is 24.1 Å². The first-order valence-electron chi connectivity index (χ1n) is 8.59. The van der Waals surface area contributed by atoms with Crippen molar-refractivity contribution in [1.29, 1.82) is 0 Å². The van der Waals surface area contributed by atoms with Crippen LogP contribution in [0.15, 0.2) is 58.2 Å². The van der Waals surface area contributed by atoms with Crippen molar-refractivity contribution < 1.29 is 9.21 Å². The minimum absolute atomic E-state index is 0.00538. The van der Waals surface area contributed by atoms with Crippen LogP contribution in [0.2, 0.25) is 5.02 Å². The van der Waals surface area contributed by atoms with Crippen LogP contribution in [0.4, 0.5) is 0 Å². The summed E-state index contributed by atoms with van der Waals surface area (Å²) < 4.78 is 5.61. The molecule has 1 amide bonds. The summed E-state index contributed by atoms with van der Waals surface area (Å²) >= 11 is 7.11. The van der Waals surface area contributed by atoms with Gasteiger partial charge in [-0.25, -0.2) is 0 Å². The van der Waals surface area contributed by atoms with Gasteiger partial charge < -0.3 is 9.32 Å². The van der Waals surface area contributed by atoms with Gasteiger partial charge in [-0.3, -0.25) is 4.79 Å². The minimum Gasteiger partial charge on any atom is -0.411 e. The van der Waals surface area contributed by atoms with Gasteiger partial charge in [0.1, 0.15) is 0 Å². The first-order valence-corrected chi connectivity index (χ1v) is 9.95. The summed E-state index contributed by atoms with van der Waals surface area (Å²) in [4.78, 5) is 14.1. The molecule has 7 heteroatoms. The molecule has 3 aromatic rings. The zero-order valence-electron chi connectivity index (χ0n) is 15.2. The van der Waals surface area contributed by atoms with Gasteiger partial charge in [-0.15, -0.1) is 10.2 Å². The highest BCUT2D eigenvalue weighted by atomic mass is 35.5. The Labute approximate surface area is 167 Å². The molecule has 0 N–H and O–H groups in total. The Morgan fingerprint density at radius 2 is 1.74 bits per heavy atom. The third-order valence-electron chi connectivity index (χ3n) is 4.09. The SMILES string of the molecule is CCc1ccc(CN(C)C(=O)CSc2nnc(-c3ccc(Cl)cc3)o2)cc1. The lowest BCUT2D eigenvalue weighted by atomic mass is 10.1. The van der Waals surface area contributed by atoms with Gasteiger partial charge in [-0.2, -0.15) is 0 Å². The highest BCUT2D eigenvalue weighted by Gasteiger charge is 2.14. The van der Waals surface area contributed by atoms with Crippen molar-refractivity contribution in [2.24, 2.45) is 0 Å². The summed E-state index contributed by atoms with van der Waals surface area (Å²) in [6.07, 6.45) is 1.01. The van der Waals surface area contributed by atoms with Gasteiger partial charge >= 0.3 is 0 Å². The molecule has 27 heavy (non-hydrogen) atoms. The molecule has 0 atom stereocenters. The molecule has 0 aliphatic carbocycles. The van der Waals surface area contributed by atoms with Gasteiger partial charge in [0.2, 0.25) is 11.8 Å². The smallest absolute Gasteiger partial charge is 0.277 e. The molecule has 1 heterocycles. The number of halogens is 1. The molecule has 0 saturated carbocycles. The second-order valence-corrected chi connectivity index (χ2v) is 7.45. The van der Waals surface area contributed by atoms with Crippen molar-refractivity contribution in [3.8, 4) is 11.5 Å². The lowest BCUT2D eigenvalue weighted by molar-refractivity contribution is -0.127. The van der Waals surface area contributed by atoms with Crippen molar-refractivity contribution in [2.75, 3.05) is 12.8 Å². The Kier molecular flexibility index (Phi) is 6.53. The van der Waals surface area contributed by atoms with Crippen molar-refractivity contribution in [3.63, 3.8) is 0 Å². The van der Waals surface area contributed by atoms with Gasteiger partial charge in [0.05, 0.1) is 5.75 Å². The van der Waals surface area contributed by atoms with Crippen LogP contribution in [0.1, 0.15) is 18.1 Å². The standard InChI is InChI=1S/C20H20ClN3O2S/c1-3-14-4-6-15(7-5-14)12-24(2)18(25)13-27-20-23-22-19(26-20)16-8-10-17(21)11-9-16/h4-11H,3,12-13H2,1-2H3. The highest BCUT2D eigenvalue weighted by Crippen LogP contribution is 2.24. The highest BCUT2D eigenvalue weighted by molar-refractivity contribution is 7.99. The van der Waals surface area contributed by atoms with Crippen LogP contribution in [0.3, 0.4) is 0 Å². The van der Waals surface area contributed by atoms with E-state index in [2.05, 4.69) is 41.4 Å². The molecule has 0 aliphatic rings. The van der Waals surface area contributed by atoms with Crippen LogP contribution >= 0.6 is 23.4 Å². The zero-order chi connectivity index (χ0) is 19.2. The first kappa shape index (κ1) is 19.5. The number of carbonyl (C=O) groups is 1. The fourth-order valence-corrected chi connectivity index (χ4v) is 3.28. The lowest BCUT2D eigenvalue weighted by Gasteiger charge is -2.16. The Hall–Kier alpha value is -2.31. The van der Waals surface area contributed by atoms with E-state index in [-0.39, 0.29) is 11.7 Å². The number of aromatic nitrogens is 2. The first-order chi connectivity index (χ1) is 13.0. The normalized spacial score (nSPS) is 10.8. The van der Waals surface area contributed by atoms with E-state index in [0.29, 0.717) is 22.7 Å². The van der Waals surface area contributed by atoms with Crippen LogP contribution < -0.4 is 0 Å². The maximum absolute atomic E-state index is 12.4. The van der Waals surface area contributed by atoms with Crippen LogP contribution in [0.5, 0.6) is 0 Å². The Bertz CT molecular complexity index is 894. The summed E-state index contributed by atoms with van der Waals surface area (Å²) in [7, 11) is 1.80. The molecule has 1 aromatic heterocycles. The molecule has 0 bridgehead atoms. The van der Waals surface area contributed by atoms with E-state index in [1.165, 1.54) is 17.3 Å². The monoisotopic (exact) mass is 401 g/mol. The predicted molar refractivity (Wildman–Crippen MR) is 108 cm³/mol. The summed E-state index contributed by atoms with van der Waals surface area (Å²) in [5.41, 5.74) is 3.18. The van der Waals surface area contributed by atoms with Crippen molar-refractivity contribution in [1.82, 2.24) is 15.1 Å². The number of aryl methyl sites for hydroxylation is 1. The summed E-state index contributed by atoms with van der Waals surface area (Å²) in [6.45, 7) is 2.70. The van der Waals surface area contributed by atoms with E-state index in [0.717, 1.165) is 17.5 Å². The number of carbonyl (C=O) groups excluding carboxylic acids is 1. The summed E-state index contributed by atoms with van der Waals surface area (Å²) in [5, 5.41) is 9.02. The zero-order valence-corrected chi connectivity index (χ0v) is 16.8. The Morgan fingerprint density at radius 1 is 1.07 bits per heavy atom. The summed E-state index contributed by atoms with van der Waals surface area (Å²) in [6, 6.07) is 15.5. The number of amides is 1. The molecular weight excluding hydrogens is 382 g/mol. The lowest BCUT2D eigenvalue weighted by Crippen LogP contribution is -2.27. The van der Waals surface area contributed by atoms with E-state index < -0.39 is 0 Å². The number of hydrogen-bond acceptors (Lipinski definition) is 5. The van der Waals surface area contributed by atoms with Gasteiger partial charge in [0.25, 0.3) is 5.22 Å². The predicted octanol–water partition coefficient (Wildman–Crippen LogP) is 4.70. The molecule has 3 rings (SSSR count). The molecule has 5 nitrogen and oxygen atoms in total. The number of rotatable bonds is 7. The number of thioether (sulfide) groups is 1. The largest absolute Gasteiger partial charge is 0.411 e. The maximum Gasteiger partial charge on any atom is 0.277 e. The molecule has 0 fully saturated rings. The van der Waals surface area contributed by atoms with Crippen molar-refractivity contribution >= 4 is 29.3 Å². The number of hydrogen-bond donors (Lipinski definition) is 0. The molecule has 0 radical (unpaired) electrons. The average molecular weight is 402 g/mol. The van der Waals surface area contributed by atoms with Gasteiger partial charge in [0, 0.05) is 24.2 Å². The topological polar surface area (TPSA) is 59.2 Å². The van der Waals surface area contributed by atoms with Crippen LogP contribution in [-0.2, 0) is 17.8 Å². The van der Waals surface area contributed by atoms with Crippen LogP contribution in [-0.4, -0.2) is 33.8 Å². The molecule has 0 spiro atoms. The summed E-state index contributed by atoms with van der Waals surface area (Å²) in [5.74, 6) is 0.656. The van der Waals surface area contributed by atoms with Gasteiger partial charge in [-0.1, -0.05) is 54.6 Å². The Morgan fingerprint density at radius 3 is 2.41 bits per heavy atom. The fourth-order valence-electron chi connectivity index (χ4n) is 2.45. The van der Waals surface area contributed by atoms with E-state index in [1.807, 2.05) is 12.1 Å². The third kappa shape index (κ3) is 5.34. The average Bonchev–Trinajstić information content (AvgIpc) is 3.16. The Balaban J connectivity index is 1.53. The van der Waals surface area contributed by atoms with Crippen LogP contribution in [0.25, 0.3) is 11.5 Å². The van der Waals surface area contributed by atoms with Crippen molar-refractivity contribution in [3.05, 3.63) is 64.7 Å². The van der Waals surface area contributed by atoms with Crippen molar-refractivity contribution in [2.45, 2.75) is 25.1 Å². The van der Waals surface area contributed by atoms with Gasteiger partial charge in [-0.05, 0) is 41.8 Å². The maximum atomic E-state index is 12.4. The fraction of sp³-hybridized carbons (Fsp3) is 0.250. The molecule has 0 aliphatic heterocycles. The number of nitrogens with zero attached hydrogens (tertiary/aromatic N) is 3. The molecule has 0 saturated heterocycles. The quantitative estimate of drug-likeness (QED) is 0.537. The third-order valence-corrected chi connectivity index (χ3v) is 5.15. The molecule has 0 unspecified atom stereocenters. The molecule has 2 aromatic carbocycles. The number of benzene rings is 2. The second kappa shape index (κ2) is 9.06. The van der Waals surface area contributed by atoms with E-state index >= 15 is 0 Å². The molecular formula is C20H20ClN3O2S. The molecule has 140 valence electrons. The second-order valence-electron chi connectivity index (χ2n) is 6.09. The minimum atomic E-state index is 0.00538. The van der Waals surface area contributed by atoms with Gasteiger partial charge in [0.15, 0.2) is 0 Å². The van der Waals surface area contributed by atoms with Crippen LogP contribution in [0, 0.1) is 0 Å². The van der Waals surface area contributed by atoms with E-state index in [9.17, 15) is 4.79 Å². The van der Waals surface area contributed by atoms with E-state index in [4.69, 9.17) is 16.0 Å².